The first-order chi connectivity index (χ1) is 14.8. The van der Waals surface area contributed by atoms with E-state index < -0.39 is 6.04 Å². The monoisotopic (exact) mass is 475 g/mol. The quantitative estimate of drug-likeness (QED) is 0.391. The zero-order valence-electron chi connectivity index (χ0n) is 17.0. The number of halogens is 1. The van der Waals surface area contributed by atoms with Gasteiger partial charge in [0, 0.05) is 33.9 Å². The Bertz CT molecular complexity index is 1080. The molecule has 1 fully saturated rings. The molecule has 0 radical (unpaired) electrons. The van der Waals surface area contributed by atoms with E-state index in [1.807, 2.05) is 30.5 Å². The van der Waals surface area contributed by atoms with Gasteiger partial charge in [0.15, 0.2) is 10.9 Å². The Labute approximate surface area is 195 Å². The van der Waals surface area contributed by atoms with Crippen LogP contribution in [0.4, 0.5) is 5.69 Å². The Hall–Kier alpha value is -2.29. The number of fused-ring (bicyclic) bond motifs is 1. The maximum absolute atomic E-state index is 12.9. The average Bonchev–Trinajstić information content (AvgIpc) is 3.21. The molecule has 6 nitrogen and oxygen atoms in total. The number of carbonyl (C=O) groups is 3. The summed E-state index contributed by atoms with van der Waals surface area (Å²) in [6.07, 6.45) is 1.53. The van der Waals surface area contributed by atoms with Crippen molar-refractivity contribution < 1.29 is 14.4 Å². The Balaban J connectivity index is 1.40. The van der Waals surface area contributed by atoms with Gasteiger partial charge in [-0.1, -0.05) is 17.7 Å². The minimum atomic E-state index is -0.508. The first-order valence-corrected chi connectivity index (χ1v) is 11.8. The molecule has 2 aliphatic rings. The van der Waals surface area contributed by atoms with Crippen molar-refractivity contribution in [3.63, 3.8) is 0 Å². The summed E-state index contributed by atoms with van der Waals surface area (Å²) in [5, 5.41) is 9.26. The lowest BCUT2D eigenvalue weighted by molar-refractivity contribution is -0.128. The van der Waals surface area contributed by atoms with Crippen LogP contribution in [-0.4, -0.2) is 33.5 Å². The van der Waals surface area contributed by atoms with Gasteiger partial charge in [-0.3, -0.25) is 14.4 Å². The van der Waals surface area contributed by atoms with Crippen molar-refractivity contribution in [1.82, 2.24) is 10.2 Å². The number of ketones is 2. The standard InChI is InChI=1S/C22H22ClN3O3S2/c1-12-5-6-13(7-17(12)23)25-22(30)24-9-20-15-10-26(21(29)16(15)11-31-20)18-4-2-3-14(27)8-19(18)28/h5-7,11,18H,2-4,8-10H2,1H3,(H2,24,25,30). The average molecular weight is 476 g/mol. The maximum atomic E-state index is 12.9. The molecule has 0 spiro atoms. The molecule has 2 aromatic rings. The van der Waals surface area contributed by atoms with Crippen molar-refractivity contribution in [1.29, 1.82) is 0 Å². The highest BCUT2D eigenvalue weighted by Gasteiger charge is 2.39. The second-order valence-electron chi connectivity index (χ2n) is 7.85. The molecule has 1 aliphatic carbocycles. The van der Waals surface area contributed by atoms with E-state index in [-0.39, 0.29) is 23.9 Å². The summed E-state index contributed by atoms with van der Waals surface area (Å²) in [4.78, 5) is 39.8. The van der Waals surface area contributed by atoms with Gasteiger partial charge in [-0.2, -0.15) is 0 Å². The topological polar surface area (TPSA) is 78.5 Å². The summed E-state index contributed by atoms with van der Waals surface area (Å²) in [6.45, 7) is 2.81. The molecule has 162 valence electrons. The number of carbonyl (C=O) groups excluding carboxylic acids is 3. The molecule has 9 heteroatoms. The molecular weight excluding hydrogens is 454 g/mol. The van der Waals surface area contributed by atoms with Gasteiger partial charge < -0.3 is 15.5 Å². The molecular formula is C22H22ClN3O3S2. The van der Waals surface area contributed by atoms with Crippen LogP contribution in [0.1, 0.15) is 52.0 Å². The Morgan fingerprint density at radius 3 is 2.90 bits per heavy atom. The van der Waals surface area contributed by atoms with Crippen LogP contribution >= 0.6 is 35.2 Å². The number of rotatable bonds is 4. The highest BCUT2D eigenvalue weighted by molar-refractivity contribution is 7.80. The van der Waals surface area contributed by atoms with Gasteiger partial charge in [0.05, 0.1) is 24.6 Å². The highest BCUT2D eigenvalue weighted by Crippen LogP contribution is 2.34. The molecule has 0 saturated heterocycles. The van der Waals surface area contributed by atoms with Crippen molar-refractivity contribution in [2.24, 2.45) is 0 Å². The third-order valence-corrected chi connectivity index (χ3v) is 7.37. The summed E-state index contributed by atoms with van der Waals surface area (Å²) in [7, 11) is 0. The van der Waals surface area contributed by atoms with E-state index in [4.69, 9.17) is 23.8 Å². The molecule has 0 bridgehead atoms. The lowest BCUT2D eigenvalue weighted by Gasteiger charge is -2.25. The van der Waals surface area contributed by atoms with Crippen molar-refractivity contribution in [2.75, 3.05) is 5.32 Å². The zero-order valence-corrected chi connectivity index (χ0v) is 19.4. The summed E-state index contributed by atoms with van der Waals surface area (Å²) < 4.78 is 0. The molecule has 1 unspecified atom stereocenters. The Morgan fingerprint density at radius 2 is 2.13 bits per heavy atom. The van der Waals surface area contributed by atoms with Crippen LogP contribution < -0.4 is 10.6 Å². The molecule has 1 aromatic heterocycles. The molecule has 1 aromatic carbocycles. The third-order valence-electron chi connectivity index (χ3n) is 5.69. The highest BCUT2D eigenvalue weighted by atomic mass is 35.5. The predicted molar refractivity (Wildman–Crippen MR) is 126 cm³/mol. The first kappa shape index (κ1) is 21.9. The van der Waals surface area contributed by atoms with Gasteiger partial charge in [-0.15, -0.1) is 11.3 Å². The number of aryl methyl sites for hydroxylation is 1. The molecule has 1 atom stereocenters. The van der Waals surface area contributed by atoms with Crippen LogP contribution in [0.3, 0.4) is 0 Å². The van der Waals surface area contributed by atoms with Gasteiger partial charge in [-0.05, 0) is 55.2 Å². The summed E-state index contributed by atoms with van der Waals surface area (Å²) in [6, 6.07) is 5.13. The van der Waals surface area contributed by atoms with E-state index in [2.05, 4.69) is 10.6 Å². The third kappa shape index (κ3) is 4.66. The van der Waals surface area contributed by atoms with Crippen LogP contribution in [0.25, 0.3) is 0 Å². The summed E-state index contributed by atoms with van der Waals surface area (Å²) in [5.41, 5.74) is 3.37. The van der Waals surface area contributed by atoms with Gasteiger partial charge >= 0.3 is 0 Å². The van der Waals surface area contributed by atoms with Crippen LogP contribution in [0.5, 0.6) is 0 Å². The number of nitrogens with one attached hydrogen (secondary N) is 2. The lowest BCUT2D eigenvalue weighted by Crippen LogP contribution is -2.41. The maximum Gasteiger partial charge on any atom is 0.255 e. The van der Waals surface area contributed by atoms with Crippen LogP contribution in [0.15, 0.2) is 23.6 Å². The van der Waals surface area contributed by atoms with Gasteiger partial charge in [0.2, 0.25) is 0 Å². The largest absolute Gasteiger partial charge is 0.358 e. The van der Waals surface area contributed by atoms with E-state index in [0.29, 0.717) is 48.1 Å². The van der Waals surface area contributed by atoms with Crippen molar-refractivity contribution >= 4 is 63.4 Å². The van der Waals surface area contributed by atoms with Crippen molar-refractivity contribution in [2.45, 2.75) is 51.7 Å². The normalized spacial score (nSPS) is 18.7. The molecule has 1 saturated carbocycles. The van der Waals surface area contributed by atoms with Gasteiger partial charge in [-0.25, -0.2) is 0 Å². The van der Waals surface area contributed by atoms with Crippen LogP contribution in [-0.2, 0) is 22.7 Å². The fourth-order valence-corrected chi connectivity index (χ4v) is 5.31. The number of Topliss-reactive ketones (excluding diaryl/α,β-unsaturated/α-hetero) is 2. The predicted octanol–water partition coefficient (Wildman–Crippen LogP) is 4.23. The van der Waals surface area contributed by atoms with E-state index in [9.17, 15) is 14.4 Å². The van der Waals surface area contributed by atoms with Gasteiger partial charge in [0.25, 0.3) is 5.91 Å². The number of thiophene rings is 1. The summed E-state index contributed by atoms with van der Waals surface area (Å²) in [5.74, 6) is -0.305. The fourth-order valence-electron chi connectivity index (χ4n) is 3.96. The molecule has 1 aliphatic heterocycles. The minimum absolute atomic E-state index is 0.0332. The molecule has 31 heavy (non-hydrogen) atoms. The smallest absolute Gasteiger partial charge is 0.255 e. The number of hydrogen-bond acceptors (Lipinski definition) is 5. The zero-order chi connectivity index (χ0) is 22.1. The van der Waals surface area contributed by atoms with E-state index in [1.165, 1.54) is 11.3 Å². The molecule has 1 amide bonds. The van der Waals surface area contributed by atoms with Crippen molar-refractivity contribution in [3.8, 4) is 0 Å². The lowest BCUT2D eigenvalue weighted by atomic mass is 10.1. The minimum Gasteiger partial charge on any atom is -0.358 e. The second-order valence-corrected chi connectivity index (χ2v) is 9.63. The number of nitrogens with zero attached hydrogens (tertiary/aromatic N) is 1. The van der Waals surface area contributed by atoms with E-state index in [1.54, 1.807) is 4.90 Å². The van der Waals surface area contributed by atoms with Crippen LogP contribution in [0, 0.1) is 6.92 Å². The van der Waals surface area contributed by atoms with Crippen LogP contribution in [0.2, 0.25) is 5.02 Å². The molecule has 2 N–H and O–H groups in total. The fraction of sp³-hybridized carbons (Fsp3) is 0.364. The number of amides is 1. The first-order valence-electron chi connectivity index (χ1n) is 10.1. The van der Waals surface area contributed by atoms with E-state index in [0.717, 1.165) is 21.7 Å². The molecule has 2 heterocycles. The van der Waals surface area contributed by atoms with Crippen molar-refractivity contribution in [3.05, 3.63) is 50.2 Å². The SMILES string of the molecule is Cc1ccc(NC(=S)NCc2scc3c2CN(C2CCCC(=O)CC2=O)C3=O)cc1Cl. The summed E-state index contributed by atoms with van der Waals surface area (Å²) >= 11 is 13.1. The second kappa shape index (κ2) is 9.06. The molecule has 4 rings (SSSR count). The number of hydrogen-bond donors (Lipinski definition) is 2. The number of benzene rings is 1. The Kier molecular flexibility index (Phi) is 6.41. The number of anilines is 1. The number of thiocarbonyl (C=S) groups is 1. The van der Waals surface area contributed by atoms with Gasteiger partial charge in [0.1, 0.15) is 5.78 Å². The Morgan fingerprint density at radius 1 is 1.32 bits per heavy atom. The van der Waals surface area contributed by atoms with E-state index >= 15 is 0 Å².